The van der Waals surface area contributed by atoms with E-state index in [1.165, 1.54) is 13.3 Å². The first-order chi connectivity index (χ1) is 14.7. The highest BCUT2D eigenvalue weighted by atomic mass is 35.5. The first-order valence-electron chi connectivity index (χ1n) is 9.06. The number of rotatable bonds is 8. The number of anilines is 5. The highest BCUT2D eigenvalue weighted by Crippen LogP contribution is 2.33. The molecule has 0 aliphatic rings. The minimum absolute atomic E-state index is 0.258. The number of nitrogens with one attached hydrogen (secondary N) is 3. The molecule has 3 rings (SSSR count). The number of halogens is 1. The van der Waals surface area contributed by atoms with E-state index in [0.29, 0.717) is 23.2 Å². The lowest BCUT2D eigenvalue weighted by molar-refractivity contribution is 0.412. The average molecular weight is 464 g/mol. The van der Waals surface area contributed by atoms with Crippen LogP contribution in [-0.4, -0.2) is 38.9 Å². The van der Waals surface area contributed by atoms with Crippen molar-refractivity contribution in [2.24, 2.45) is 0 Å². The number of aromatic nitrogens is 2. The fourth-order valence-corrected chi connectivity index (χ4v) is 3.48. The average Bonchev–Trinajstić information content (AvgIpc) is 2.72. The van der Waals surface area contributed by atoms with E-state index in [-0.39, 0.29) is 10.7 Å². The van der Waals surface area contributed by atoms with Crippen molar-refractivity contribution in [3.8, 4) is 11.5 Å². The third-order valence-corrected chi connectivity index (χ3v) is 5.14. The quantitative estimate of drug-likeness (QED) is 0.452. The van der Waals surface area contributed by atoms with Crippen molar-refractivity contribution >= 4 is 50.5 Å². The van der Waals surface area contributed by atoms with Gasteiger partial charge in [0.2, 0.25) is 16.0 Å². The summed E-state index contributed by atoms with van der Waals surface area (Å²) >= 11 is 6.27. The van der Waals surface area contributed by atoms with Crippen molar-refractivity contribution in [2.75, 3.05) is 35.8 Å². The first-order valence-corrected chi connectivity index (χ1v) is 11.3. The van der Waals surface area contributed by atoms with Gasteiger partial charge in [0.25, 0.3) is 0 Å². The SMILES string of the molecule is COc1ccc(Nc2nc(Nc3cccc(OC)c3C)ncc2Cl)c(NS(C)(=O)=O)c1. The molecule has 0 radical (unpaired) electrons. The van der Waals surface area contributed by atoms with Gasteiger partial charge in [0.05, 0.1) is 38.0 Å². The van der Waals surface area contributed by atoms with Crippen LogP contribution in [0.25, 0.3) is 0 Å². The number of sulfonamides is 1. The van der Waals surface area contributed by atoms with Crippen LogP contribution in [0, 0.1) is 6.92 Å². The standard InChI is InChI=1S/C20H22ClN5O4S/c1-12-15(6-5-7-18(12)30-3)24-20-22-11-14(21)19(25-20)23-16-9-8-13(29-2)10-17(16)26-31(4,27)28/h5-11,26H,1-4H3,(H2,22,23,24,25). The maximum Gasteiger partial charge on any atom is 0.229 e. The maximum absolute atomic E-state index is 11.8. The molecule has 0 atom stereocenters. The monoisotopic (exact) mass is 463 g/mol. The summed E-state index contributed by atoms with van der Waals surface area (Å²) in [6.45, 7) is 1.91. The van der Waals surface area contributed by atoms with Crippen LogP contribution >= 0.6 is 11.6 Å². The Kier molecular flexibility index (Phi) is 6.71. The van der Waals surface area contributed by atoms with E-state index in [1.54, 1.807) is 25.3 Å². The molecule has 0 aliphatic heterocycles. The highest BCUT2D eigenvalue weighted by Gasteiger charge is 2.13. The van der Waals surface area contributed by atoms with Gasteiger partial charge in [-0.2, -0.15) is 4.98 Å². The van der Waals surface area contributed by atoms with E-state index in [4.69, 9.17) is 21.1 Å². The van der Waals surface area contributed by atoms with Gasteiger partial charge in [0, 0.05) is 17.3 Å². The largest absolute Gasteiger partial charge is 0.497 e. The van der Waals surface area contributed by atoms with Crippen LogP contribution in [0.4, 0.5) is 28.8 Å². The Bertz CT molecular complexity index is 1200. The maximum atomic E-state index is 11.8. The molecule has 31 heavy (non-hydrogen) atoms. The smallest absolute Gasteiger partial charge is 0.229 e. The van der Waals surface area contributed by atoms with E-state index < -0.39 is 10.0 Å². The Balaban J connectivity index is 1.93. The Morgan fingerprint density at radius 2 is 1.77 bits per heavy atom. The van der Waals surface area contributed by atoms with Gasteiger partial charge in [0.15, 0.2) is 5.82 Å². The van der Waals surface area contributed by atoms with E-state index >= 15 is 0 Å². The first kappa shape index (κ1) is 22.4. The Hall–Kier alpha value is -3.24. The molecular formula is C20H22ClN5O4S. The zero-order valence-electron chi connectivity index (χ0n) is 17.4. The summed E-state index contributed by atoms with van der Waals surface area (Å²) in [5, 5.41) is 6.45. The molecule has 0 saturated heterocycles. The summed E-state index contributed by atoms with van der Waals surface area (Å²) in [5.74, 6) is 1.81. The van der Waals surface area contributed by atoms with Crippen molar-refractivity contribution in [3.63, 3.8) is 0 Å². The normalized spacial score (nSPS) is 11.0. The number of nitrogens with zero attached hydrogens (tertiary/aromatic N) is 2. The van der Waals surface area contributed by atoms with Crippen LogP contribution in [0.2, 0.25) is 5.02 Å². The lowest BCUT2D eigenvalue weighted by Gasteiger charge is -2.16. The molecule has 0 bridgehead atoms. The summed E-state index contributed by atoms with van der Waals surface area (Å²) in [5.41, 5.74) is 2.40. The Labute approximate surface area is 185 Å². The van der Waals surface area contributed by atoms with Crippen LogP contribution in [-0.2, 0) is 10.0 Å². The topological polar surface area (TPSA) is 114 Å². The predicted octanol–water partition coefficient (Wildman–Crippen LogP) is 4.31. The summed E-state index contributed by atoms with van der Waals surface area (Å²) in [7, 11) is -0.429. The second kappa shape index (κ2) is 9.27. The Morgan fingerprint density at radius 1 is 1.00 bits per heavy atom. The number of hydrogen-bond acceptors (Lipinski definition) is 8. The fraction of sp³-hybridized carbons (Fsp3) is 0.200. The number of benzene rings is 2. The van der Waals surface area contributed by atoms with Gasteiger partial charge in [-0.25, -0.2) is 13.4 Å². The molecule has 164 valence electrons. The molecule has 1 heterocycles. The van der Waals surface area contributed by atoms with Crippen LogP contribution in [0.15, 0.2) is 42.6 Å². The van der Waals surface area contributed by atoms with Gasteiger partial charge in [-0.3, -0.25) is 4.72 Å². The summed E-state index contributed by atoms with van der Waals surface area (Å²) in [6.07, 6.45) is 2.51. The highest BCUT2D eigenvalue weighted by molar-refractivity contribution is 7.92. The molecule has 3 aromatic rings. The fourth-order valence-electron chi connectivity index (χ4n) is 2.78. The van der Waals surface area contributed by atoms with Crippen molar-refractivity contribution in [1.29, 1.82) is 0 Å². The van der Waals surface area contributed by atoms with Gasteiger partial charge in [-0.15, -0.1) is 0 Å². The summed E-state index contributed by atoms with van der Waals surface area (Å²) < 4.78 is 36.5. The molecule has 1 aromatic heterocycles. The molecule has 0 spiro atoms. The minimum atomic E-state index is -3.52. The molecule has 9 nitrogen and oxygen atoms in total. The molecule has 0 unspecified atom stereocenters. The minimum Gasteiger partial charge on any atom is -0.497 e. The lowest BCUT2D eigenvalue weighted by Crippen LogP contribution is -2.11. The van der Waals surface area contributed by atoms with Crippen molar-refractivity contribution in [3.05, 3.63) is 53.2 Å². The van der Waals surface area contributed by atoms with Crippen molar-refractivity contribution < 1.29 is 17.9 Å². The molecule has 0 amide bonds. The van der Waals surface area contributed by atoms with E-state index in [0.717, 1.165) is 23.3 Å². The van der Waals surface area contributed by atoms with Gasteiger partial charge in [0.1, 0.15) is 16.5 Å². The second-order valence-corrected chi connectivity index (χ2v) is 8.71. The van der Waals surface area contributed by atoms with Crippen LogP contribution < -0.4 is 24.8 Å². The van der Waals surface area contributed by atoms with Gasteiger partial charge < -0.3 is 20.1 Å². The van der Waals surface area contributed by atoms with Crippen molar-refractivity contribution in [2.45, 2.75) is 6.92 Å². The summed E-state index contributed by atoms with van der Waals surface area (Å²) in [4.78, 5) is 8.64. The van der Waals surface area contributed by atoms with Crippen LogP contribution in [0.1, 0.15) is 5.56 Å². The zero-order chi connectivity index (χ0) is 22.6. The second-order valence-electron chi connectivity index (χ2n) is 6.56. The zero-order valence-corrected chi connectivity index (χ0v) is 18.9. The number of methoxy groups -OCH3 is 2. The molecule has 0 fully saturated rings. The van der Waals surface area contributed by atoms with Gasteiger partial charge in [-0.1, -0.05) is 17.7 Å². The number of ether oxygens (including phenoxy) is 2. The molecule has 0 saturated carbocycles. The van der Waals surface area contributed by atoms with E-state index in [9.17, 15) is 8.42 Å². The summed E-state index contributed by atoms with van der Waals surface area (Å²) in [6, 6.07) is 10.5. The molecule has 3 N–H and O–H groups in total. The van der Waals surface area contributed by atoms with E-state index in [1.807, 2.05) is 25.1 Å². The van der Waals surface area contributed by atoms with Crippen LogP contribution in [0.5, 0.6) is 11.5 Å². The van der Waals surface area contributed by atoms with Gasteiger partial charge >= 0.3 is 0 Å². The Morgan fingerprint density at radius 3 is 2.45 bits per heavy atom. The van der Waals surface area contributed by atoms with Crippen molar-refractivity contribution in [1.82, 2.24) is 9.97 Å². The van der Waals surface area contributed by atoms with E-state index in [2.05, 4.69) is 25.3 Å². The van der Waals surface area contributed by atoms with Crippen LogP contribution in [0.3, 0.4) is 0 Å². The van der Waals surface area contributed by atoms with Gasteiger partial charge in [-0.05, 0) is 31.2 Å². The number of hydrogen-bond donors (Lipinski definition) is 3. The molecule has 11 heteroatoms. The molecule has 2 aromatic carbocycles. The third kappa shape index (κ3) is 5.68. The third-order valence-electron chi connectivity index (χ3n) is 4.27. The molecule has 0 aliphatic carbocycles. The molecular weight excluding hydrogens is 442 g/mol. The predicted molar refractivity (Wildman–Crippen MR) is 123 cm³/mol. The lowest BCUT2D eigenvalue weighted by atomic mass is 10.2.